The maximum Gasteiger partial charge on any atom is 0.308 e. The minimum Gasteiger partial charge on any atom is -0.481 e. The third-order valence-corrected chi connectivity index (χ3v) is 2.09. The van der Waals surface area contributed by atoms with Crippen molar-refractivity contribution in [2.45, 2.75) is 13.8 Å². The Morgan fingerprint density at radius 1 is 1.43 bits per heavy atom. The molecule has 0 aromatic heterocycles. The SMILES string of the molecule is Cc1ccc(NCC(C)C(=O)O)cc1. The first-order valence-electron chi connectivity index (χ1n) is 4.63. The van der Waals surface area contributed by atoms with E-state index in [2.05, 4.69) is 5.32 Å². The Labute approximate surface area is 83.8 Å². The van der Waals surface area contributed by atoms with Gasteiger partial charge < -0.3 is 10.4 Å². The van der Waals surface area contributed by atoms with E-state index in [0.717, 1.165) is 5.69 Å². The molecule has 1 rings (SSSR count). The first kappa shape index (κ1) is 10.6. The second-order valence-electron chi connectivity index (χ2n) is 3.49. The Morgan fingerprint density at radius 2 is 2.00 bits per heavy atom. The van der Waals surface area contributed by atoms with Crippen molar-refractivity contribution in [1.29, 1.82) is 0 Å². The molecule has 1 unspecified atom stereocenters. The van der Waals surface area contributed by atoms with Gasteiger partial charge in [0.05, 0.1) is 5.92 Å². The number of hydrogen-bond acceptors (Lipinski definition) is 2. The van der Waals surface area contributed by atoms with Crippen molar-refractivity contribution in [3.8, 4) is 0 Å². The van der Waals surface area contributed by atoms with E-state index in [1.807, 2.05) is 31.2 Å². The van der Waals surface area contributed by atoms with E-state index in [9.17, 15) is 4.79 Å². The van der Waals surface area contributed by atoms with Crippen molar-refractivity contribution >= 4 is 11.7 Å². The maximum atomic E-state index is 10.5. The van der Waals surface area contributed by atoms with E-state index in [1.54, 1.807) is 6.92 Å². The molecule has 0 aliphatic carbocycles. The summed E-state index contributed by atoms with van der Waals surface area (Å²) in [7, 11) is 0. The average molecular weight is 193 g/mol. The maximum absolute atomic E-state index is 10.5. The Morgan fingerprint density at radius 3 is 2.50 bits per heavy atom. The van der Waals surface area contributed by atoms with Crippen LogP contribution in [0.4, 0.5) is 5.69 Å². The van der Waals surface area contributed by atoms with Gasteiger partial charge in [-0.15, -0.1) is 0 Å². The molecule has 14 heavy (non-hydrogen) atoms. The van der Waals surface area contributed by atoms with Gasteiger partial charge >= 0.3 is 5.97 Å². The molecule has 1 atom stereocenters. The number of benzene rings is 1. The summed E-state index contributed by atoms with van der Waals surface area (Å²) in [4.78, 5) is 10.5. The van der Waals surface area contributed by atoms with Crippen LogP contribution < -0.4 is 5.32 Å². The molecule has 1 aromatic rings. The Kier molecular flexibility index (Phi) is 3.51. The summed E-state index contributed by atoms with van der Waals surface area (Å²) in [6, 6.07) is 7.88. The smallest absolute Gasteiger partial charge is 0.308 e. The number of carboxylic acid groups (broad SMARTS) is 1. The number of carboxylic acids is 1. The van der Waals surface area contributed by atoms with Crippen molar-refractivity contribution in [2.24, 2.45) is 5.92 Å². The van der Waals surface area contributed by atoms with E-state index >= 15 is 0 Å². The van der Waals surface area contributed by atoms with Crippen LogP contribution in [0.5, 0.6) is 0 Å². The van der Waals surface area contributed by atoms with Gasteiger partial charge in [-0.25, -0.2) is 0 Å². The molecule has 0 heterocycles. The predicted molar refractivity (Wildman–Crippen MR) is 56.5 cm³/mol. The Bertz CT molecular complexity index is 306. The summed E-state index contributed by atoms with van der Waals surface area (Å²) in [6.45, 7) is 4.16. The zero-order valence-electron chi connectivity index (χ0n) is 8.45. The van der Waals surface area contributed by atoms with Crippen molar-refractivity contribution < 1.29 is 9.90 Å². The predicted octanol–water partition coefficient (Wildman–Crippen LogP) is 2.13. The summed E-state index contributed by atoms with van der Waals surface area (Å²) < 4.78 is 0. The van der Waals surface area contributed by atoms with Gasteiger partial charge in [0.2, 0.25) is 0 Å². The summed E-state index contributed by atoms with van der Waals surface area (Å²) in [5.74, 6) is -1.14. The highest BCUT2D eigenvalue weighted by Gasteiger charge is 2.09. The molecule has 0 spiro atoms. The second kappa shape index (κ2) is 4.65. The van der Waals surface area contributed by atoms with Gasteiger partial charge in [0, 0.05) is 12.2 Å². The third kappa shape index (κ3) is 3.09. The Hall–Kier alpha value is -1.51. The van der Waals surface area contributed by atoms with Crippen LogP contribution in [0.3, 0.4) is 0 Å². The zero-order valence-corrected chi connectivity index (χ0v) is 8.45. The molecule has 1 aromatic carbocycles. The molecule has 0 fully saturated rings. The van der Waals surface area contributed by atoms with Gasteiger partial charge in [0.15, 0.2) is 0 Å². The first-order valence-corrected chi connectivity index (χ1v) is 4.63. The molecule has 0 amide bonds. The van der Waals surface area contributed by atoms with Crippen LogP contribution in [0.1, 0.15) is 12.5 Å². The molecule has 3 nitrogen and oxygen atoms in total. The molecular weight excluding hydrogens is 178 g/mol. The fourth-order valence-corrected chi connectivity index (χ4v) is 1.03. The average Bonchev–Trinajstić information content (AvgIpc) is 2.16. The third-order valence-electron chi connectivity index (χ3n) is 2.09. The summed E-state index contributed by atoms with van der Waals surface area (Å²) in [5, 5.41) is 11.7. The standard InChI is InChI=1S/C11H15NO2/c1-8-3-5-10(6-4-8)12-7-9(2)11(13)14/h3-6,9,12H,7H2,1-2H3,(H,13,14). The van der Waals surface area contributed by atoms with Gasteiger partial charge in [-0.1, -0.05) is 24.6 Å². The van der Waals surface area contributed by atoms with E-state index in [0.29, 0.717) is 6.54 Å². The van der Waals surface area contributed by atoms with Gasteiger partial charge in [-0.2, -0.15) is 0 Å². The van der Waals surface area contributed by atoms with Gasteiger partial charge in [-0.3, -0.25) is 4.79 Å². The molecule has 0 saturated carbocycles. The van der Waals surface area contributed by atoms with Crippen LogP contribution in [0, 0.1) is 12.8 Å². The highest BCUT2D eigenvalue weighted by Crippen LogP contribution is 2.09. The molecule has 3 heteroatoms. The number of hydrogen-bond donors (Lipinski definition) is 2. The molecule has 0 saturated heterocycles. The number of aliphatic carboxylic acids is 1. The molecule has 76 valence electrons. The lowest BCUT2D eigenvalue weighted by Gasteiger charge is -2.09. The molecular formula is C11H15NO2. The first-order chi connectivity index (χ1) is 6.59. The van der Waals surface area contributed by atoms with E-state index in [-0.39, 0.29) is 5.92 Å². The number of carbonyl (C=O) groups is 1. The molecule has 0 aliphatic heterocycles. The lowest BCUT2D eigenvalue weighted by Crippen LogP contribution is -2.19. The van der Waals surface area contributed by atoms with Crippen molar-refractivity contribution in [1.82, 2.24) is 0 Å². The zero-order chi connectivity index (χ0) is 10.6. The van der Waals surface area contributed by atoms with Gasteiger partial charge in [0.25, 0.3) is 0 Å². The minimum atomic E-state index is -0.774. The largest absolute Gasteiger partial charge is 0.481 e. The Balaban J connectivity index is 2.46. The van der Waals surface area contributed by atoms with E-state index in [4.69, 9.17) is 5.11 Å². The quantitative estimate of drug-likeness (QED) is 0.770. The van der Waals surface area contributed by atoms with Crippen LogP contribution in [0.2, 0.25) is 0 Å². The van der Waals surface area contributed by atoms with Crippen molar-refractivity contribution in [3.05, 3.63) is 29.8 Å². The fourth-order valence-electron chi connectivity index (χ4n) is 1.03. The monoisotopic (exact) mass is 193 g/mol. The number of aryl methyl sites for hydroxylation is 1. The van der Waals surface area contributed by atoms with Crippen LogP contribution in [-0.2, 0) is 4.79 Å². The van der Waals surface area contributed by atoms with Gasteiger partial charge in [-0.05, 0) is 19.1 Å². The normalized spacial score (nSPS) is 12.1. The summed E-state index contributed by atoms with van der Waals surface area (Å²) in [6.07, 6.45) is 0. The molecule has 0 radical (unpaired) electrons. The lowest BCUT2D eigenvalue weighted by molar-refractivity contribution is -0.140. The van der Waals surface area contributed by atoms with Crippen LogP contribution in [0.15, 0.2) is 24.3 Å². The fraction of sp³-hybridized carbons (Fsp3) is 0.364. The number of rotatable bonds is 4. The van der Waals surface area contributed by atoms with Crippen LogP contribution >= 0.6 is 0 Å². The van der Waals surface area contributed by atoms with Crippen LogP contribution in [-0.4, -0.2) is 17.6 Å². The topological polar surface area (TPSA) is 49.3 Å². The highest BCUT2D eigenvalue weighted by atomic mass is 16.4. The van der Waals surface area contributed by atoms with Crippen LogP contribution in [0.25, 0.3) is 0 Å². The van der Waals surface area contributed by atoms with E-state index < -0.39 is 5.97 Å². The summed E-state index contributed by atoms with van der Waals surface area (Å²) in [5.41, 5.74) is 2.16. The highest BCUT2D eigenvalue weighted by molar-refractivity contribution is 5.70. The minimum absolute atomic E-state index is 0.365. The molecule has 0 bridgehead atoms. The lowest BCUT2D eigenvalue weighted by atomic mass is 10.1. The number of anilines is 1. The van der Waals surface area contributed by atoms with Crippen molar-refractivity contribution in [2.75, 3.05) is 11.9 Å². The second-order valence-corrected chi connectivity index (χ2v) is 3.49. The number of nitrogens with one attached hydrogen (secondary N) is 1. The van der Waals surface area contributed by atoms with Crippen molar-refractivity contribution in [3.63, 3.8) is 0 Å². The van der Waals surface area contributed by atoms with Gasteiger partial charge in [0.1, 0.15) is 0 Å². The summed E-state index contributed by atoms with van der Waals surface area (Å²) >= 11 is 0. The molecule has 2 N–H and O–H groups in total. The molecule has 0 aliphatic rings. The van der Waals surface area contributed by atoms with E-state index in [1.165, 1.54) is 5.56 Å².